The van der Waals surface area contributed by atoms with Crippen molar-refractivity contribution in [2.45, 2.75) is 6.42 Å². The Bertz CT molecular complexity index is 484. The average molecular weight is 249 g/mol. The van der Waals surface area contributed by atoms with E-state index in [-0.39, 0.29) is 30.7 Å². The van der Waals surface area contributed by atoms with Crippen molar-refractivity contribution in [3.63, 3.8) is 0 Å². The first-order valence-electron chi connectivity index (χ1n) is 5.44. The van der Waals surface area contributed by atoms with Crippen molar-refractivity contribution in [2.24, 2.45) is 0 Å². The van der Waals surface area contributed by atoms with Gasteiger partial charge in [-0.3, -0.25) is 19.5 Å². The fourth-order valence-electron chi connectivity index (χ4n) is 1.54. The van der Waals surface area contributed by atoms with E-state index in [0.29, 0.717) is 6.42 Å². The molecule has 0 unspecified atom stereocenters. The number of hydrogen-bond acceptors (Lipinski definition) is 4. The minimum atomic E-state index is -0.535. The Morgan fingerprint density at radius 3 is 2.67 bits per heavy atom. The van der Waals surface area contributed by atoms with Crippen LogP contribution in [0.3, 0.4) is 0 Å². The third-order valence-corrected chi connectivity index (χ3v) is 2.42. The molecule has 5 nitrogen and oxygen atoms in total. The summed E-state index contributed by atoms with van der Waals surface area (Å²) in [4.78, 5) is 27.1. The standard InChI is InChI=1S/C12H11FN2O3/c13-9-8-14-5-4-10(9)18-7-1-6-15-11(16)2-3-12(15)17/h2-5,8H,1,6-7H2/i13-1. The SMILES string of the molecule is O=C1C=CC(=O)N1CCCOc1ccncc1[18F]. The van der Waals surface area contributed by atoms with E-state index in [2.05, 4.69) is 4.98 Å². The largest absolute Gasteiger partial charge is 0.490 e. The molecule has 0 radical (unpaired) electrons. The van der Waals surface area contributed by atoms with Crippen LogP contribution in [0.1, 0.15) is 6.42 Å². The van der Waals surface area contributed by atoms with E-state index in [1.54, 1.807) is 0 Å². The molecule has 0 aliphatic carbocycles. The van der Waals surface area contributed by atoms with Crippen LogP contribution in [0, 0.1) is 5.82 Å². The summed E-state index contributed by atoms with van der Waals surface area (Å²) >= 11 is 0. The Labute approximate surface area is 103 Å². The van der Waals surface area contributed by atoms with Gasteiger partial charge in [-0.15, -0.1) is 0 Å². The third kappa shape index (κ3) is 2.71. The second-order valence-corrected chi connectivity index (χ2v) is 3.67. The number of carbonyl (C=O) groups is 2. The fraction of sp³-hybridized carbons (Fsp3) is 0.250. The van der Waals surface area contributed by atoms with Gasteiger partial charge < -0.3 is 4.74 Å². The lowest BCUT2D eigenvalue weighted by Gasteiger charge is -2.13. The highest BCUT2D eigenvalue weighted by Gasteiger charge is 2.22. The summed E-state index contributed by atoms with van der Waals surface area (Å²) in [5.74, 6) is -1.07. The number of pyridine rings is 1. The van der Waals surface area contributed by atoms with Crippen LogP contribution in [0.15, 0.2) is 30.6 Å². The van der Waals surface area contributed by atoms with Crippen molar-refractivity contribution in [2.75, 3.05) is 13.2 Å². The maximum absolute atomic E-state index is 13.1. The van der Waals surface area contributed by atoms with Gasteiger partial charge in [0.05, 0.1) is 12.8 Å². The Balaban J connectivity index is 1.75. The monoisotopic (exact) mass is 249 g/mol. The molecule has 1 aromatic rings. The Morgan fingerprint density at radius 1 is 1.28 bits per heavy atom. The minimum absolute atomic E-state index is 0.113. The van der Waals surface area contributed by atoms with Crippen molar-refractivity contribution in [3.8, 4) is 5.75 Å². The number of aromatic nitrogens is 1. The van der Waals surface area contributed by atoms with E-state index in [4.69, 9.17) is 4.74 Å². The number of halogens is 1. The highest BCUT2D eigenvalue weighted by Crippen LogP contribution is 2.14. The molecule has 0 spiro atoms. The van der Waals surface area contributed by atoms with Gasteiger partial charge in [-0.05, 0) is 6.42 Å². The average Bonchev–Trinajstić information content (AvgIpc) is 2.67. The van der Waals surface area contributed by atoms with Crippen LogP contribution in [0.2, 0.25) is 0 Å². The second-order valence-electron chi connectivity index (χ2n) is 3.67. The van der Waals surface area contributed by atoms with E-state index in [1.165, 1.54) is 24.4 Å². The normalized spacial score (nSPS) is 14.4. The number of carbonyl (C=O) groups excluding carboxylic acids is 2. The zero-order chi connectivity index (χ0) is 13.0. The maximum Gasteiger partial charge on any atom is 0.253 e. The first-order valence-corrected chi connectivity index (χ1v) is 5.44. The molecule has 0 fully saturated rings. The van der Waals surface area contributed by atoms with Crippen molar-refractivity contribution in [1.82, 2.24) is 9.88 Å². The van der Waals surface area contributed by atoms with Gasteiger partial charge >= 0.3 is 0 Å². The summed E-state index contributed by atoms with van der Waals surface area (Å²) < 4.78 is 18.3. The zero-order valence-corrected chi connectivity index (χ0v) is 9.51. The number of ether oxygens (including phenoxy) is 1. The van der Waals surface area contributed by atoms with Crippen LogP contribution < -0.4 is 4.74 Å². The molecule has 2 amide bonds. The summed E-state index contributed by atoms with van der Waals surface area (Å²) in [6, 6.07) is 1.42. The fourth-order valence-corrected chi connectivity index (χ4v) is 1.54. The predicted octanol–water partition coefficient (Wildman–Crippen LogP) is 0.915. The summed E-state index contributed by atoms with van der Waals surface area (Å²) in [5.41, 5.74) is 0. The van der Waals surface area contributed by atoms with Crippen LogP contribution in [-0.4, -0.2) is 34.8 Å². The molecular weight excluding hydrogens is 238 g/mol. The van der Waals surface area contributed by atoms with Gasteiger partial charge in [0.1, 0.15) is 0 Å². The highest BCUT2D eigenvalue weighted by molar-refractivity contribution is 6.12. The number of imide groups is 1. The van der Waals surface area contributed by atoms with Crippen LogP contribution in [-0.2, 0) is 9.59 Å². The van der Waals surface area contributed by atoms with E-state index in [0.717, 1.165) is 11.1 Å². The van der Waals surface area contributed by atoms with Gasteiger partial charge in [-0.1, -0.05) is 0 Å². The lowest BCUT2D eigenvalue weighted by molar-refractivity contribution is -0.136. The quantitative estimate of drug-likeness (QED) is 0.575. The first kappa shape index (κ1) is 12.2. The summed E-state index contributed by atoms with van der Waals surface area (Å²) in [7, 11) is 0. The molecule has 2 rings (SSSR count). The van der Waals surface area contributed by atoms with Gasteiger partial charge in [0.15, 0.2) is 11.6 Å². The van der Waals surface area contributed by atoms with Crippen LogP contribution in [0.25, 0.3) is 0 Å². The van der Waals surface area contributed by atoms with Crippen LogP contribution in [0.4, 0.5) is 4.39 Å². The number of nitrogens with zero attached hydrogens (tertiary/aromatic N) is 2. The van der Waals surface area contributed by atoms with Crippen molar-refractivity contribution >= 4 is 11.8 Å². The Kier molecular flexibility index (Phi) is 3.66. The Morgan fingerprint density at radius 2 is 2.00 bits per heavy atom. The summed E-state index contributed by atoms with van der Waals surface area (Å²) in [5, 5.41) is 0. The topological polar surface area (TPSA) is 59.5 Å². The van der Waals surface area contributed by atoms with E-state index in [1.807, 2.05) is 0 Å². The molecule has 0 bridgehead atoms. The van der Waals surface area contributed by atoms with Gasteiger partial charge in [0, 0.05) is 31.0 Å². The van der Waals surface area contributed by atoms with Crippen molar-refractivity contribution in [1.29, 1.82) is 0 Å². The van der Waals surface area contributed by atoms with E-state index >= 15 is 0 Å². The Hall–Kier alpha value is -2.24. The molecule has 2 heterocycles. The maximum atomic E-state index is 13.1. The van der Waals surface area contributed by atoms with Gasteiger partial charge in [0.25, 0.3) is 11.8 Å². The lowest BCUT2D eigenvalue weighted by Crippen LogP contribution is -2.31. The van der Waals surface area contributed by atoms with Gasteiger partial charge in [-0.2, -0.15) is 0 Å². The molecule has 1 aliphatic heterocycles. The molecule has 0 saturated carbocycles. The van der Waals surface area contributed by atoms with E-state index in [9.17, 15) is 14.0 Å². The smallest absolute Gasteiger partial charge is 0.253 e. The summed E-state index contributed by atoms with van der Waals surface area (Å²) in [6.07, 6.45) is 5.39. The molecule has 18 heavy (non-hydrogen) atoms. The zero-order valence-electron chi connectivity index (χ0n) is 9.51. The van der Waals surface area contributed by atoms with Crippen molar-refractivity contribution < 1.29 is 18.7 Å². The number of rotatable bonds is 5. The molecule has 0 N–H and O–H groups in total. The van der Waals surface area contributed by atoms with Crippen LogP contribution in [0.5, 0.6) is 5.75 Å². The molecule has 0 aromatic carbocycles. The number of amides is 2. The predicted molar refractivity (Wildman–Crippen MR) is 60.2 cm³/mol. The molecule has 0 saturated heterocycles. The lowest BCUT2D eigenvalue weighted by atomic mass is 10.4. The van der Waals surface area contributed by atoms with Gasteiger partial charge in [-0.25, -0.2) is 4.39 Å². The molecule has 94 valence electrons. The van der Waals surface area contributed by atoms with Crippen molar-refractivity contribution in [3.05, 3.63) is 36.4 Å². The third-order valence-electron chi connectivity index (χ3n) is 2.42. The molecule has 1 aromatic heterocycles. The minimum Gasteiger partial charge on any atom is -0.490 e. The van der Waals surface area contributed by atoms with E-state index < -0.39 is 5.82 Å². The second kappa shape index (κ2) is 5.39. The van der Waals surface area contributed by atoms with Gasteiger partial charge in [0.2, 0.25) is 0 Å². The molecular formula is C12H11FN2O3. The number of hydrogen-bond donors (Lipinski definition) is 0. The molecule has 6 heteroatoms. The first-order chi connectivity index (χ1) is 8.68. The van der Waals surface area contributed by atoms with Crippen LogP contribution >= 0.6 is 0 Å². The summed E-state index contributed by atoms with van der Waals surface area (Å²) in [6.45, 7) is 0.482. The molecule has 1 aliphatic rings. The highest BCUT2D eigenvalue weighted by atomic mass is 18.2. The molecule has 0 atom stereocenters.